The molecule has 0 unspecified atom stereocenters. The van der Waals surface area contributed by atoms with Gasteiger partial charge in [-0.05, 0) is 54.7 Å². The average Bonchev–Trinajstić information content (AvgIpc) is 2.88. The Hall–Kier alpha value is -3.17. The largest absolute Gasteiger partial charge is 0.352 e. The van der Waals surface area contributed by atoms with E-state index in [9.17, 15) is 18.0 Å². The number of sulfonamides is 1. The van der Waals surface area contributed by atoms with Gasteiger partial charge in [0.05, 0.1) is 11.9 Å². The Labute approximate surface area is 246 Å². The van der Waals surface area contributed by atoms with Gasteiger partial charge in [0.25, 0.3) is 0 Å². The zero-order chi connectivity index (χ0) is 29.4. The van der Waals surface area contributed by atoms with Gasteiger partial charge in [0.15, 0.2) is 0 Å². The Morgan fingerprint density at radius 3 is 2.10 bits per heavy atom. The summed E-state index contributed by atoms with van der Waals surface area (Å²) in [5.74, 6) is -0.726. The van der Waals surface area contributed by atoms with E-state index in [1.54, 1.807) is 12.1 Å². The summed E-state index contributed by atoms with van der Waals surface area (Å²) < 4.78 is 28.1. The van der Waals surface area contributed by atoms with Crippen molar-refractivity contribution < 1.29 is 18.0 Å². The number of halogens is 1. The van der Waals surface area contributed by atoms with Gasteiger partial charge in [0.1, 0.15) is 12.6 Å². The molecule has 0 bridgehead atoms. The van der Waals surface area contributed by atoms with Crippen molar-refractivity contribution >= 4 is 43.5 Å². The molecule has 2 amide bonds. The summed E-state index contributed by atoms with van der Waals surface area (Å²) in [4.78, 5) is 29.3. The number of benzene rings is 3. The highest BCUT2D eigenvalue weighted by atomic mass is 79.9. The minimum atomic E-state index is -3.83. The van der Waals surface area contributed by atoms with E-state index < -0.39 is 28.5 Å². The molecular formula is C31H38BrN3O4S. The number of hydrogen-bond acceptors (Lipinski definition) is 4. The summed E-state index contributed by atoms with van der Waals surface area (Å²) in [6.45, 7) is 7.39. The first kappa shape index (κ1) is 31.4. The van der Waals surface area contributed by atoms with E-state index in [1.807, 2.05) is 94.4 Å². The number of para-hydroxylation sites is 1. The van der Waals surface area contributed by atoms with Crippen LogP contribution in [0.5, 0.6) is 0 Å². The molecule has 1 atom stereocenters. The van der Waals surface area contributed by atoms with Crippen LogP contribution in [0.4, 0.5) is 5.69 Å². The summed E-state index contributed by atoms with van der Waals surface area (Å²) in [6, 6.07) is 23.2. The topological polar surface area (TPSA) is 86.8 Å². The zero-order valence-electron chi connectivity index (χ0n) is 23.7. The number of amides is 2. The van der Waals surface area contributed by atoms with Gasteiger partial charge in [-0.1, -0.05) is 90.4 Å². The Morgan fingerprint density at radius 2 is 1.50 bits per heavy atom. The minimum absolute atomic E-state index is 0.0379. The van der Waals surface area contributed by atoms with Gasteiger partial charge in [0, 0.05) is 23.5 Å². The standard InChI is InChI=1S/C31H38BrN3O4S/c1-22(2)27-16-9-10-17-28(27)35(40(5,38)39)21-30(36)34(20-25-14-11-15-26(32)18-25)29(31(37)33-23(3)4)19-24-12-7-6-8-13-24/h6-18,22-23,29H,19-21H2,1-5H3,(H,33,37)/t29-/m0/s1. The summed E-state index contributed by atoms with van der Waals surface area (Å²) in [6.07, 6.45) is 1.38. The number of nitrogens with zero attached hydrogens (tertiary/aromatic N) is 2. The third-order valence-electron chi connectivity index (χ3n) is 6.45. The Balaban J connectivity index is 2.09. The van der Waals surface area contributed by atoms with Crippen LogP contribution in [0.1, 0.15) is 50.3 Å². The first-order valence-corrected chi connectivity index (χ1v) is 16.0. The summed E-state index contributed by atoms with van der Waals surface area (Å²) in [5, 5.41) is 2.96. The van der Waals surface area contributed by atoms with E-state index in [0.29, 0.717) is 5.69 Å². The van der Waals surface area contributed by atoms with Crippen molar-refractivity contribution in [2.24, 2.45) is 0 Å². The van der Waals surface area contributed by atoms with Crippen LogP contribution in [-0.2, 0) is 32.6 Å². The second-order valence-corrected chi connectivity index (χ2v) is 13.3. The number of anilines is 1. The van der Waals surface area contributed by atoms with Gasteiger partial charge in [-0.2, -0.15) is 0 Å². The molecule has 0 aromatic heterocycles. The molecule has 0 saturated carbocycles. The van der Waals surface area contributed by atoms with Crippen molar-refractivity contribution in [2.75, 3.05) is 17.1 Å². The molecule has 0 radical (unpaired) electrons. The SMILES string of the molecule is CC(C)NC(=O)[C@H](Cc1ccccc1)N(Cc1cccc(Br)c1)C(=O)CN(c1ccccc1C(C)C)S(C)(=O)=O. The Kier molecular flexibility index (Phi) is 10.9. The normalized spacial score (nSPS) is 12.3. The quantitative estimate of drug-likeness (QED) is 0.287. The molecule has 0 aliphatic carbocycles. The fourth-order valence-electron chi connectivity index (χ4n) is 4.56. The average molecular weight is 629 g/mol. The van der Waals surface area contributed by atoms with E-state index in [-0.39, 0.29) is 30.8 Å². The van der Waals surface area contributed by atoms with Crippen LogP contribution in [0.15, 0.2) is 83.3 Å². The van der Waals surface area contributed by atoms with Gasteiger partial charge in [-0.15, -0.1) is 0 Å². The molecule has 3 aromatic carbocycles. The van der Waals surface area contributed by atoms with Crippen molar-refractivity contribution in [3.8, 4) is 0 Å². The molecule has 3 aromatic rings. The van der Waals surface area contributed by atoms with Crippen molar-refractivity contribution in [1.82, 2.24) is 10.2 Å². The van der Waals surface area contributed by atoms with Gasteiger partial charge in [0.2, 0.25) is 21.8 Å². The second-order valence-electron chi connectivity index (χ2n) is 10.5. The van der Waals surface area contributed by atoms with E-state index in [1.165, 1.54) is 4.90 Å². The molecule has 0 saturated heterocycles. The molecule has 214 valence electrons. The number of nitrogens with one attached hydrogen (secondary N) is 1. The lowest BCUT2D eigenvalue weighted by atomic mass is 10.0. The lowest BCUT2D eigenvalue weighted by Crippen LogP contribution is -2.54. The first-order chi connectivity index (χ1) is 18.9. The van der Waals surface area contributed by atoms with Crippen molar-refractivity contribution in [1.29, 1.82) is 0 Å². The molecule has 0 spiro atoms. The highest BCUT2D eigenvalue weighted by Gasteiger charge is 2.33. The van der Waals surface area contributed by atoms with Crippen molar-refractivity contribution in [3.63, 3.8) is 0 Å². The second kappa shape index (κ2) is 13.9. The zero-order valence-corrected chi connectivity index (χ0v) is 26.1. The fourth-order valence-corrected chi connectivity index (χ4v) is 5.88. The van der Waals surface area contributed by atoms with E-state index in [4.69, 9.17) is 0 Å². The van der Waals surface area contributed by atoms with E-state index in [2.05, 4.69) is 21.2 Å². The molecular weight excluding hydrogens is 590 g/mol. The molecule has 3 rings (SSSR count). The van der Waals surface area contributed by atoms with E-state index >= 15 is 0 Å². The maximum absolute atomic E-state index is 14.2. The Bertz CT molecular complexity index is 1410. The van der Waals surface area contributed by atoms with E-state index in [0.717, 1.165) is 31.7 Å². The summed E-state index contributed by atoms with van der Waals surface area (Å²) >= 11 is 3.49. The molecule has 0 aliphatic heterocycles. The summed E-state index contributed by atoms with van der Waals surface area (Å²) in [5.41, 5.74) is 2.98. The van der Waals surface area contributed by atoms with Crippen LogP contribution < -0.4 is 9.62 Å². The highest BCUT2D eigenvalue weighted by molar-refractivity contribution is 9.10. The minimum Gasteiger partial charge on any atom is -0.352 e. The third-order valence-corrected chi connectivity index (χ3v) is 8.07. The van der Waals surface area contributed by atoms with Crippen LogP contribution in [0.2, 0.25) is 0 Å². The Morgan fingerprint density at radius 1 is 0.875 bits per heavy atom. The predicted octanol–water partition coefficient (Wildman–Crippen LogP) is 5.50. The van der Waals surface area contributed by atoms with Gasteiger partial charge < -0.3 is 10.2 Å². The van der Waals surface area contributed by atoms with Crippen LogP contribution >= 0.6 is 15.9 Å². The van der Waals surface area contributed by atoms with Crippen LogP contribution in [-0.4, -0.2) is 50.0 Å². The molecule has 7 nitrogen and oxygen atoms in total. The van der Waals surface area contributed by atoms with Gasteiger partial charge in [-0.25, -0.2) is 8.42 Å². The lowest BCUT2D eigenvalue weighted by Gasteiger charge is -2.34. The van der Waals surface area contributed by atoms with Crippen LogP contribution in [0, 0.1) is 0 Å². The molecule has 9 heteroatoms. The maximum Gasteiger partial charge on any atom is 0.244 e. The number of hydrogen-bond donors (Lipinski definition) is 1. The molecule has 0 heterocycles. The van der Waals surface area contributed by atoms with Gasteiger partial charge in [-0.3, -0.25) is 13.9 Å². The van der Waals surface area contributed by atoms with Crippen molar-refractivity contribution in [2.45, 2.75) is 58.7 Å². The van der Waals surface area contributed by atoms with Crippen LogP contribution in [0.25, 0.3) is 0 Å². The maximum atomic E-state index is 14.2. The number of rotatable bonds is 12. The monoisotopic (exact) mass is 627 g/mol. The lowest BCUT2D eigenvalue weighted by molar-refractivity contribution is -0.140. The first-order valence-electron chi connectivity index (χ1n) is 13.3. The molecule has 1 N–H and O–H groups in total. The molecule has 0 aliphatic rings. The third kappa shape index (κ3) is 8.66. The highest BCUT2D eigenvalue weighted by Crippen LogP contribution is 2.29. The van der Waals surface area contributed by atoms with Crippen molar-refractivity contribution in [3.05, 3.63) is 100 Å². The predicted molar refractivity (Wildman–Crippen MR) is 165 cm³/mol. The van der Waals surface area contributed by atoms with Gasteiger partial charge >= 0.3 is 0 Å². The number of carbonyl (C=O) groups is 2. The smallest absolute Gasteiger partial charge is 0.244 e. The number of carbonyl (C=O) groups excluding carboxylic acids is 2. The molecule has 40 heavy (non-hydrogen) atoms. The summed E-state index contributed by atoms with van der Waals surface area (Å²) in [7, 11) is -3.83. The van der Waals surface area contributed by atoms with Crippen LogP contribution in [0.3, 0.4) is 0 Å². The molecule has 0 fully saturated rings. The fraction of sp³-hybridized carbons (Fsp3) is 0.355.